The van der Waals surface area contributed by atoms with Gasteiger partial charge in [-0.1, -0.05) is 41.9 Å². The third-order valence-corrected chi connectivity index (χ3v) is 4.94. The van der Waals surface area contributed by atoms with E-state index in [1.807, 2.05) is 61.5 Å². The molecule has 1 unspecified atom stereocenters. The third kappa shape index (κ3) is 4.38. The van der Waals surface area contributed by atoms with Crippen molar-refractivity contribution >= 4 is 17.5 Å². The van der Waals surface area contributed by atoms with Crippen molar-refractivity contribution in [3.05, 3.63) is 82.1 Å². The number of rotatable bonds is 6. The molecule has 1 heterocycles. The summed E-state index contributed by atoms with van der Waals surface area (Å²) in [6.07, 6.45) is 0. The van der Waals surface area contributed by atoms with Crippen molar-refractivity contribution in [3.63, 3.8) is 0 Å². The number of quaternary nitrogens is 1. The number of hydrogen-bond donors (Lipinski definition) is 2. The number of nitrogens with zero attached hydrogens (tertiary/aromatic N) is 2. The van der Waals surface area contributed by atoms with Crippen molar-refractivity contribution in [2.45, 2.75) is 20.0 Å². The van der Waals surface area contributed by atoms with E-state index in [1.165, 1.54) is 10.5 Å². The van der Waals surface area contributed by atoms with Gasteiger partial charge in [-0.05, 0) is 31.2 Å². The molecular weight excluding hydrogens is 360 g/mol. The summed E-state index contributed by atoms with van der Waals surface area (Å²) in [5.74, 6) is -0.0713. The Labute approximate surface area is 164 Å². The number of nitrogens with one attached hydrogen (secondary N) is 2. The summed E-state index contributed by atoms with van der Waals surface area (Å²) < 4.78 is 1.79. The first kappa shape index (κ1) is 19.1. The normalized spacial score (nSPS) is 12.0. The summed E-state index contributed by atoms with van der Waals surface area (Å²) in [5, 5.41) is 7.90. The van der Waals surface area contributed by atoms with Crippen LogP contribution in [0.15, 0.2) is 54.6 Å². The fourth-order valence-corrected chi connectivity index (χ4v) is 3.44. The number of para-hydroxylation sites is 1. The second-order valence-corrected chi connectivity index (χ2v) is 7.05. The molecular formula is C21H24ClN4O+. The Morgan fingerprint density at radius 2 is 1.78 bits per heavy atom. The Hall–Kier alpha value is -2.63. The molecule has 1 aromatic heterocycles. The van der Waals surface area contributed by atoms with Crippen LogP contribution in [0.2, 0.25) is 5.15 Å². The number of halogens is 1. The van der Waals surface area contributed by atoms with E-state index in [2.05, 4.69) is 17.5 Å². The van der Waals surface area contributed by atoms with Crippen LogP contribution < -0.4 is 10.2 Å². The molecule has 6 heteroatoms. The van der Waals surface area contributed by atoms with Crippen molar-refractivity contribution in [1.82, 2.24) is 15.1 Å². The highest BCUT2D eigenvalue weighted by Gasteiger charge is 2.18. The minimum absolute atomic E-state index is 0.0713. The molecule has 0 fully saturated rings. The summed E-state index contributed by atoms with van der Waals surface area (Å²) >= 11 is 6.63. The van der Waals surface area contributed by atoms with Gasteiger partial charge in [0.2, 0.25) is 0 Å². The molecule has 2 N–H and O–H groups in total. The lowest BCUT2D eigenvalue weighted by Crippen LogP contribution is -3.06. The lowest BCUT2D eigenvalue weighted by Gasteiger charge is -2.14. The monoisotopic (exact) mass is 383 g/mol. The minimum atomic E-state index is -0.0713. The van der Waals surface area contributed by atoms with E-state index >= 15 is 0 Å². The van der Waals surface area contributed by atoms with Crippen LogP contribution in [0.25, 0.3) is 5.69 Å². The third-order valence-electron chi connectivity index (χ3n) is 4.55. The molecule has 2 aromatic carbocycles. The van der Waals surface area contributed by atoms with Gasteiger partial charge >= 0.3 is 0 Å². The maximum Gasteiger partial charge on any atom is 0.251 e. The number of carbonyl (C=O) groups is 1. The summed E-state index contributed by atoms with van der Waals surface area (Å²) in [4.78, 5) is 12.9. The Bertz CT molecular complexity index is 919. The molecule has 27 heavy (non-hydrogen) atoms. The number of hydrogen-bond acceptors (Lipinski definition) is 2. The van der Waals surface area contributed by atoms with Crippen LogP contribution in [0.3, 0.4) is 0 Å². The molecule has 5 nitrogen and oxygen atoms in total. The maximum absolute atomic E-state index is 11.6. The van der Waals surface area contributed by atoms with Gasteiger partial charge in [-0.15, -0.1) is 0 Å². The number of amides is 1. The Kier molecular flexibility index (Phi) is 5.94. The molecule has 1 amide bonds. The van der Waals surface area contributed by atoms with Crippen molar-refractivity contribution in [2.75, 3.05) is 14.1 Å². The van der Waals surface area contributed by atoms with Crippen molar-refractivity contribution in [1.29, 1.82) is 0 Å². The van der Waals surface area contributed by atoms with Crippen LogP contribution in [-0.4, -0.2) is 29.8 Å². The molecule has 0 bridgehead atoms. The molecule has 0 aliphatic carbocycles. The Morgan fingerprint density at radius 1 is 1.11 bits per heavy atom. The summed E-state index contributed by atoms with van der Waals surface area (Å²) in [6.45, 7) is 3.60. The highest BCUT2D eigenvalue weighted by Crippen LogP contribution is 2.22. The zero-order valence-corrected chi connectivity index (χ0v) is 16.5. The van der Waals surface area contributed by atoms with Gasteiger partial charge in [-0.25, -0.2) is 4.68 Å². The predicted molar refractivity (Wildman–Crippen MR) is 107 cm³/mol. The summed E-state index contributed by atoms with van der Waals surface area (Å²) in [6, 6.07) is 17.6. The van der Waals surface area contributed by atoms with Crippen molar-refractivity contribution in [3.8, 4) is 5.69 Å². The number of carbonyl (C=O) groups excluding carboxylic acids is 1. The molecule has 1 atom stereocenters. The van der Waals surface area contributed by atoms with Gasteiger partial charge in [-0.3, -0.25) is 4.79 Å². The zero-order chi connectivity index (χ0) is 19.4. The molecule has 0 radical (unpaired) electrons. The largest absolute Gasteiger partial charge is 0.355 e. The molecule has 140 valence electrons. The first-order chi connectivity index (χ1) is 13.0. The molecule has 0 spiro atoms. The van der Waals surface area contributed by atoms with Crippen molar-refractivity contribution < 1.29 is 9.69 Å². The standard InChI is InChI=1S/C21H23ClN4O/c1-15-19(20(22)26(24-15)18-7-5-4-6-8-18)14-25(3)13-16-9-11-17(12-10-16)21(27)23-2/h4-12H,13-14H2,1-3H3,(H,23,27)/p+1. The van der Waals surface area contributed by atoms with Crippen LogP contribution in [0, 0.1) is 6.92 Å². The van der Waals surface area contributed by atoms with Gasteiger partial charge in [0.05, 0.1) is 24.0 Å². The van der Waals surface area contributed by atoms with E-state index in [4.69, 9.17) is 11.6 Å². The second-order valence-electron chi connectivity index (χ2n) is 6.69. The lowest BCUT2D eigenvalue weighted by atomic mass is 10.1. The zero-order valence-electron chi connectivity index (χ0n) is 15.8. The number of aromatic nitrogens is 2. The molecule has 3 aromatic rings. The molecule has 0 saturated carbocycles. The van der Waals surface area contributed by atoms with E-state index < -0.39 is 0 Å². The van der Waals surface area contributed by atoms with Crippen molar-refractivity contribution in [2.24, 2.45) is 0 Å². The quantitative estimate of drug-likeness (QED) is 0.686. The molecule has 0 saturated heterocycles. The van der Waals surface area contributed by atoms with Gasteiger partial charge in [0.25, 0.3) is 5.91 Å². The molecule has 0 aliphatic rings. The topological polar surface area (TPSA) is 51.4 Å². The predicted octanol–water partition coefficient (Wildman–Crippen LogP) is 2.41. The van der Waals surface area contributed by atoms with E-state index in [0.717, 1.165) is 30.0 Å². The average Bonchev–Trinajstić information content (AvgIpc) is 2.97. The maximum atomic E-state index is 11.6. The van der Waals surface area contributed by atoms with Crippen LogP contribution in [0.1, 0.15) is 27.2 Å². The second kappa shape index (κ2) is 8.37. The highest BCUT2D eigenvalue weighted by molar-refractivity contribution is 6.30. The van der Waals surface area contributed by atoms with Gasteiger partial charge in [0.15, 0.2) is 0 Å². The van der Waals surface area contributed by atoms with Crippen LogP contribution in [-0.2, 0) is 13.1 Å². The van der Waals surface area contributed by atoms with Gasteiger partial charge in [0, 0.05) is 18.2 Å². The smallest absolute Gasteiger partial charge is 0.251 e. The number of benzene rings is 2. The van der Waals surface area contributed by atoms with Crippen LogP contribution in [0.5, 0.6) is 0 Å². The Balaban J connectivity index is 1.72. The summed E-state index contributed by atoms with van der Waals surface area (Å²) in [5.41, 5.74) is 4.80. The fourth-order valence-electron chi connectivity index (χ4n) is 3.10. The molecule has 0 aliphatic heterocycles. The first-order valence-electron chi connectivity index (χ1n) is 8.91. The van der Waals surface area contributed by atoms with E-state index in [9.17, 15) is 4.79 Å². The van der Waals surface area contributed by atoms with Gasteiger partial charge < -0.3 is 10.2 Å². The fraction of sp³-hybridized carbons (Fsp3) is 0.238. The first-order valence-corrected chi connectivity index (χ1v) is 9.29. The average molecular weight is 384 g/mol. The molecule has 3 rings (SSSR count). The highest BCUT2D eigenvalue weighted by atomic mass is 35.5. The van der Waals surface area contributed by atoms with E-state index in [0.29, 0.717) is 10.7 Å². The van der Waals surface area contributed by atoms with E-state index in [1.54, 1.807) is 11.7 Å². The Morgan fingerprint density at radius 3 is 2.41 bits per heavy atom. The SMILES string of the molecule is CNC(=O)c1ccc(C[NH+](C)Cc2c(C)nn(-c3ccccc3)c2Cl)cc1. The lowest BCUT2D eigenvalue weighted by molar-refractivity contribution is -0.907. The van der Waals surface area contributed by atoms with Crippen LogP contribution >= 0.6 is 11.6 Å². The minimum Gasteiger partial charge on any atom is -0.355 e. The van der Waals surface area contributed by atoms with Crippen LogP contribution in [0.4, 0.5) is 0 Å². The van der Waals surface area contributed by atoms with Gasteiger partial charge in [0.1, 0.15) is 18.2 Å². The van der Waals surface area contributed by atoms with E-state index in [-0.39, 0.29) is 5.91 Å². The number of aryl methyl sites for hydroxylation is 1. The summed E-state index contributed by atoms with van der Waals surface area (Å²) in [7, 11) is 3.76. The van der Waals surface area contributed by atoms with Gasteiger partial charge in [-0.2, -0.15) is 5.10 Å².